The zero-order chi connectivity index (χ0) is 29.9. The molecule has 0 spiro atoms. The van der Waals surface area contributed by atoms with Gasteiger partial charge in [-0.05, 0) is 58.9 Å². The number of halogens is 1. The monoisotopic (exact) mass is 596 g/mol. The summed E-state index contributed by atoms with van der Waals surface area (Å²) in [5, 5.41) is 9.90. The Morgan fingerprint density at radius 3 is 2.74 bits per heavy atom. The second-order valence-electron chi connectivity index (χ2n) is 11.1. The van der Waals surface area contributed by atoms with Gasteiger partial charge in [-0.1, -0.05) is 0 Å². The first-order valence-electron chi connectivity index (χ1n) is 13.5. The zero-order valence-corrected chi connectivity index (χ0v) is 24.7. The largest absolute Gasteiger partial charge is 0.508 e. The third-order valence-corrected chi connectivity index (χ3v) is 7.27. The van der Waals surface area contributed by atoms with E-state index in [0.29, 0.717) is 30.2 Å². The molecule has 0 radical (unpaired) electrons. The number of carbonyl (C=O) groups is 2. The molecule has 5 rings (SSSR count). The van der Waals surface area contributed by atoms with E-state index < -0.39 is 17.6 Å². The summed E-state index contributed by atoms with van der Waals surface area (Å²) in [4.78, 5) is 31.0. The van der Waals surface area contributed by atoms with Crippen LogP contribution in [0.25, 0.3) is 20.7 Å². The molecule has 2 amide bonds. The van der Waals surface area contributed by atoms with Crippen LogP contribution in [0.5, 0.6) is 11.5 Å². The smallest absolute Gasteiger partial charge is 0.453 e. The molecule has 1 saturated carbocycles. The van der Waals surface area contributed by atoms with E-state index in [1.807, 2.05) is 24.2 Å². The van der Waals surface area contributed by atoms with E-state index in [1.165, 1.54) is 23.5 Å². The molecule has 1 aliphatic carbocycles. The van der Waals surface area contributed by atoms with Crippen LogP contribution in [-0.2, 0) is 16.1 Å². The molecule has 0 aliphatic heterocycles. The van der Waals surface area contributed by atoms with Crippen LogP contribution in [0.2, 0.25) is 0 Å². The molecular weight excluding hydrogens is 563 g/mol. The molecule has 42 heavy (non-hydrogen) atoms. The normalized spacial score (nSPS) is 13.3. The number of ether oxygens (including phenoxy) is 3. The number of thiophene rings is 1. The number of benzene rings is 1. The number of nitrogens with zero attached hydrogens (tertiary/aromatic N) is 4. The number of anilines is 1. The lowest BCUT2D eigenvalue weighted by Gasteiger charge is -2.20. The van der Waals surface area contributed by atoms with Crippen LogP contribution in [0, 0.1) is 5.82 Å². The summed E-state index contributed by atoms with van der Waals surface area (Å²) in [7, 11) is 1.90. The van der Waals surface area contributed by atoms with Gasteiger partial charge in [-0.25, -0.2) is 14.0 Å². The fourth-order valence-corrected chi connectivity index (χ4v) is 4.99. The van der Waals surface area contributed by atoms with Crippen LogP contribution in [0.3, 0.4) is 0 Å². The average Bonchev–Trinajstić information content (AvgIpc) is 3.40. The maximum absolute atomic E-state index is 14.9. The number of carbonyl (C=O) groups excluding carboxylic acids is 2. The Bertz CT molecular complexity index is 1580. The first kappa shape index (κ1) is 29.3. The van der Waals surface area contributed by atoms with Crippen molar-refractivity contribution in [2.24, 2.45) is 0 Å². The van der Waals surface area contributed by atoms with Gasteiger partial charge in [0.15, 0.2) is 11.6 Å². The van der Waals surface area contributed by atoms with Gasteiger partial charge in [0.2, 0.25) is 0 Å². The summed E-state index contributed by atoms with van der Waals surface area (Å²) in [6.07, 6.45) is 6.54. The van der Waals surface area contributed by atoms with Crippen LogP contribution in [-0.4, -0.2) is 63.7 Å². The third-order valence-electron chi connectivity index (χ3n) is 6.08. The van der Waals surface area contributed by atoms with Crippen LogP contribution < -0.4 is 15.4 Å². The number of urea groups is 1. The van der Waals surface area contributed by atoms with Crippen molar-refractivity contribution >= 4 is 39.4 Å². The van der Waals surface area contributed by atoms with Gasteiger partial charge in [0, 0.05) is 53.2 Å². The Morgan fingerprint density at radius 2 is 2.00 bits per heavy atom. The van der Waals surface area contributed by atoms with Gasteiger partial charge in [0.25, 0.3) is 0 Å². The number of fused-ring (bicyclic) bond motifs is 1. The van der Waals surface area contributed by atoms with Crippen LogP contribution in [0.15, 0.2) is 48.9 Å². The van der Waals surface area contributed by atoms with Gasteiger partial charge in [0.1, 0.15) is 18.0 Å². The Balaban J connectivity index is 1.20. The highest BCUT2D eigenvalue weighted by Gasteiger charge is 2.23. The topological polar surface area (TPSA) is 120 Å². The van der Waals surface area contributed by atoms with Gasteiger partial charge in [-0.15, -0.1) is 11.3 Å². The fourth-order valence-electron chi connectivity index (χ4n) is 3.95. The van der Waals surface area contributed by atoms with Gasteiger partial charge >= 0.3 is 12.2 Å². The Labute approximate surface area is 246 Å². The van der Waals surface area contributed by atoms with E-state index >= 15 is 0 Å². The van der Waals surface area contributed by atoms with Crippen molar-refractivity contribution in [1.82, 2.24) is 25.0 Å². The second kappa shape index (κ2) is 12.3. The minimum absolute atomic E-state index is 0.0390. The number of likely N-dealkylation sites (N-methyl/N-ethyl adjacent to an activating group) is 1. The maximum Gasteiger partial charge on any atom is 0.508 e. The number of amides is 2. The Kier molecular flexibility index (Phi) is 8.59. The van der Waals surface area contributed by atoms with Crippen molar-refractivity contribution in [2.75, 3.05) is 25.5 Å². The van der Waals surface area contributed by atoms with E-state index in [0.717, 1.165) is 28.0 Å². The number of rotatable bonds is 10. The minimum Gasteiger partial charge on any atom is -0.453 e. The third kappa shape index (κ3) is 7.95. The van der Waals surface area contributed by atoms with Crippen molar-refractivity contribution < 1.29 is 28.2 Å². The number of aromatic nitrogens is 3. The molecule has 13 heteroatoms. The molecule has 3 heterocycles. The van der Waals surface area contributed by atoms with Crippen LogP contribution in [0.4, 0.5) is 19.7 Å². The number of pyridine rings is 1. The first-order valence-corrected chi connectivity index (χ1v) is 14.3. The molecule has 222 valence electrons. The Morgan fingerprint density at radius 1 is 1.19 bits per heavy atom. The zero-order valence-electron chi connectivity index (χ0n) is 23.8. The SMILES string of the molecule is CN(CCOC(=O)OC(C)(C)C)Cn1cc(-c2cc3nccc(Oc4ccc(NC(=O)NC5CC5)cc4F)c3s2)cn1. The van der Waals surface area contributed by atoms with E-state index in [2.05, 4.69) is 20.7 Å². The number of hydrogen-bond acceptors (Lipinski definition) is 9. The van der Waals surface area contributed by atoms with E-state index in [4.69, 9.17) is 14.2 Å². The molecule has 0 saturated heterocycles. The molecule has 1 fully saturated rings. The molecule has 11 nitrogen and oxygen atoms in total. The lowest BCUT2D eigenvalue weighted by Crippen LogP contribution is -2.30. The highest BCUT2D eigenvalue weighted by atomic mass is 32.1. The minimum atomic E-state index is -0.691. The van der Waals surface area contributed by atoms with Gasteiger partial charge in [0.05, 0.1) is 23.1 Å². The van der Waals surface area contributed by atoms with Gasteiger partial charge < -0.3 is 24.8 Å². The van der Waals surface area contributed by atoms with Crippen molar-refractivity contribution in [3.63, 3.8) is 0 Å². The average molecular weight is 597 g/mol. The van der Waals surface area contributed by atoms with Crippen LogP contribution >= 0.6 is 11.3 Å². The summed E-state index contributed by atoms with van der Waals surface area (Å²) in [6, 6.07) is 7.80. The highest BCUT2D eigenvalue weighted by molar-refractivity contribution is 7.22. The molecule has 0 unspecified atom stereocenters. The van der Waals surface area contributed by atoms with Crippen molar-refractivity contribution in [1.29, 1.82) is 0 Å². The summed E-state index contributed by atoms with van der Waals surface area (Å²) in [5.74, 6) is -0.0839. The van der Waals surface area contributed by atoms with Gasteiger partial charge in [-0.2, -0.15) is 5.10 Å². The number of nitrogens with one attached hydrogen (secondary N) is 2. The predicted octanol–water partition coefficient (Wildman–Crippen LogP) is 6.22. The summed E-state index contributed by atoms with van der Waals surface area (Å²) >= 11 is 1.47. The van der Waals surface area contributed by atoms with Gasteiger partial charge in [-0.3, -0.25) is 14.6 Å². The summed E-state index contributed by atoms with van der Waals surface area (Å²) in [6.45, 7) is 6.54. The summed E-state index contributed by atoms with van der Waals surface area (Å²) in [5.41, 5.74) is 1.35. The van der Waals surface area contributed by atoms with Crippen molar-refractivity contribution in [3.05, 3.63) is 54.7 Å². The van der Waals surface area contributed by atoms with Crippen LogP contribution in [0.1, 0.15) is 33.6 Å². The van der Waals surface area contributed by atoms with Crippen molar-refractivity contribution in [3.8, 4) is 21.9 Å². The molecule has 1 aliphatic rings. The second-order valence-corrected chi connectivity index (χ2v) is 12.1. The highest BCUT2D eigenvalue weighted by Crippen LogP contribution is 2.39. The van der Waals surface area contributed by atoms with Crippen molar-refractivity contribution in [2.45, 2.75) is 51.9 Å². The first-order chi connectivity index (χ1) is 20.0. The lowest BCUT2D eigenvalue weighted by molar-refractivity contribution is -0.0104. The molecule has 0 bridgehead atoms. The maximum atomic E-state index is 14.9. The Hall–Kier alpha value is -4.23. The molecule has 3 aromatic heterocycles. The molecular formula is C29H33FN6O5S. The number of hydrogen-bond donors (Lipinski definition) is 2. The lowest BCUT2D eigenvalue weighted by atomic mass is 10.2. The van der Waals surface area contributed by atoms with E-state index in [-0.39, 0.29) is 24.4 Å². The van der Waals surface area contributed by atoms with E-state index in [1.54, 1.807) is 50.0 Å². The summed E-state index contributed by atoms with van der Waals surface area (Å²) < 4.78 is 33.6. The fraction of sp³-hybridized carbons (Fsp3) is 0.379. The molecule has 1 aromatic carbocycles. The molecule has 4 aromatic rings. The predicted molar refractivity (Wildman–Crippen MR) is 157 cm³/mol. The standard InChI is InChI=1S/C29H33FN6O5S/c1-29(2,3)41-28(38)39-12-11-35(4)17-36-16-18(15-32-36)25-14-22-26(42-25)24(9-10-31-22)40-23-8-7-20(13-21(23)30)34-27(37)33-19-5-6-19/h7-10,13-16,19H,5-6,11-12,17H2,1-4H3,(H2,33,34,37). The molecule has 2 N–H and O–H groups in total. The quantitative estimate of drug-likeness (QED) is 0.207. The van der Waals surface area contributed by atoms with E-state index in [9.17, 15) is 14.0 Å². The molecule has 0 atom stereocenters.